The van der Waals surface area contributed by atoms with Crippen molar-refractivity contribution in [2.75, 3.05) is 13.2 Å². The highest BCUT2D eigenvalue weighted by atomic mass is 31.2. The van der Waals surface area contributed by atoms with Crippen molar-refractivity contribution in [2.45, 2.75) is 65.2 Å². The SMILES string of the molecule is CCCCCCCCCC.O=P(O)(O)OCCOc1ccccc1. The van der Waals surface area contributed by atoms with E-state index in [0.29, 0.717) is 5.75 Å². The fourth-order valence-corrected chi connectivity index (χ4v) is 2.35. The van der Waals surface area contributed by atoms with Gasteiger partial charge in [-0.05, 0) is 12.1 Å². The van der Waals surface area contributed by atoms with Crippen molar-refractivity contribution in [2.24, 2.45) is 0 Å². The second-order valence-electron chi connectivity index (χ2n) is 5.61. The largest absolute Gasteiger partial charge is 0.491 e. The minimum absolute atomic E-state index is 0.106. The average Bonchev–Trinajstić information content (AvgIpc) is 2.56. The van der Waals surface area contributed by atoms with E-state index in [1.807, 2.05) is 6.07 Å². The van der Waals surface area contributed by atoms with E-state index in [4.69, 9.17) is 14.5 Å². The van der Waals surface area contributed by atoms with Crippen LogP contribution in [0.2, 0.25) is 0 Å². The highest BCUT2D eigenvalue weighted by Crippen LogP contribution is 2.35. The molecule has 0 spiro atoms. The topological polar surface area (TPSA) is 76.0 Å². The molecule has 0 saturated heterocycles. The van der Waals surface area contributed by atoms with Crippen LogP contribution in [0.3, 0.4) is 0 Å². The fourth-order valence-electron chi connectivity index (χ4n) is 2.04. The van der Waals surface area contributed by atoms with Gasteiger partial charge in [-0.3, -0.25) is 4.52 Å². The van der Waals surface area contributed by atoms with Crippen LogP contribution in [0.4, 0.5) is 0 Å². The minimum Gasteiger partial charge on any atom is -0.491 e. The molecule has 2 N–H and O–H groups in total. The lowest BCUT2D eigenvalue weighted by atomic mass is 10.1. The van der Waals surface area contributed by atoms with Crippen LogP contribution >= 0.6 is 7.82 Å². The number of para-hydroxylation sites is 1. The Bertz CT molecular complexity index is 411. The van der Waals surface area contributed by atoms with E-state index >= 15 is 0 Å². The summed E-state index contributed by atoms with van der Waals surface area (Å²) >= 11 is 0. The molecule has 0 fully saturated rings. The molecular formula is C18H33O5P. The van der Waals surface area contributed by atoms with Gasteiger partial charge >= 0.3 is 7.82 Å². The molecule has 0 heterocycles. The van der Waals surface area contributed by atoms with Gasteiger partial charge in [0, 0.05) is 0 Å². The molecule has 5 nitrogen and oxygen atoms in total. The van der Waals surface area contributed by atoms with Gasteiger partial charge < -0.3 is 14.5 Å². The van der Waals surface area contributed by atoms with Crippen molar-refractivity contribution in [3.63, 3.8) is 0 Å². The van der Waals surface area contributed by atoms with E-state index in [1.54, 1.807) is 24.3 Å². The third kappa shape index (κ3) is 17.5. The molecule has 0 aromatic heterocycles. The predicted molar refractivity (Wildman–Crippen MR) is 98.2 cm³/mol. The van der Waals surface area contributed by atoms with Crippen molar-refractivity contribution in [3.05, 3.63) is 30.3 Å². The first kappa shape index (κ1) is 23.1. The molecule has 140 valence electrons. The highest BCUT2D eigenvalue weighted by Gasteiger charge is 2.12. The zero-order valence-corrected chi connectivity index (χ0v) is 15.9. The first-order valence-electron chi connectivity index (χ1n) is 8.87. The zero-order chi connectivity index (χ0) is 18.1. The molecule has 1 rings (SSSR count). The van der Waals surface area contributed by atoms with E-state index < -0.39 is 7.82 Å². The van der Waals surface area contributed by atoms with Gasteiger partial charge in [-0.15, -0.1) is 0 Å². The van der Waals surface area contributed by atoms with Crippen LogP contribution < -0.4 is 4.74 Å². The molecular weight excluding hydrogens is 327 g/mol. The Kier molecular flexibility index (Phi) is 15.1. The lowest BCUT2D eigenvalue weighted by Crippen LogP contribution is -2.05. The second-order valence-corrected chi connectivity index (χ2v) is 6.85. The summed E-state index contributed by atoms with van der Waals surface area (Å²) < 4.78 is 19.6. The van der Waals surface area contributed by atoms with Crippen LogP contribution in [-0.4, -0.2) is 23.0 Å². The summed E-state index contributed by atoms with van der Waals surface area (Å²) in [5, 5.41) is 0. The normalized spacial score (nSPS) is 10.8. The Labute approximate surface area is 146 Å². The number of ether oxygens (including phenoxy) is 1. The maximum absolute atomic E-state index is 10.3. The fraction of sp³-hybridized carbons (Fsp3) is 0.667. The molecule has 0 aliphatic rings. The van der Waals surface area contributed by atoms with E-state index in [0.717, 1.165) is 0 Å². The number of rotatable bonds is 12. The van der Waals surface area contributed by atoms with Gasteiger partial charge in [0.2, 0.25) is 0 Å². The van der Waals surface area contributed by atoms with Crippen molar-refractivity contribution in [1.29, 1.82) is 0 Å². The third-order valence-corrected chi connectivity index (χ3v) is 3.83. The van der Waals surface area contributed by atoms with Gasteiger partial charge in [0.25, 0.3) is 0 Å². The quantitative estimate of drug-likeness (QED) is 0.390. The summed E-state index contributed by atoms with van der Waals surface area (Å²) in [6.45, 7) is 4.51. The summed E-state index contributed by atoms with van der Waals surface area (Å²) in [6.07, 6.45) is 11.5. The molecule has 24 heavy (non-hydrogen) atoms. The number of unbranched alkanes of at least 4 members (excludes halogenated alkanes) is 7. The van der Waals surface area contributed by atoms with Crippen LogP contribution in [0.1, 0.15) is 65.2 Å². The molecule has 1 aromatic rings. The van der Waals surface area contributed by atoms with E-state index in [1.165, 1.54) is 51.4 Å². The molecule has 0 bridgehead atoms. The van der Waals surface area contributed by atoms with E-state index in [9.17, 15) is 4.57 Å². The van der Waals surface area contributed by atoms with Crippen molar-refractivity contribution >= 4 is 7.82 Å². The van der Waals surface area contributed by atoms with Crippen LogP contribution in [0.5, 0.6) is 5.75 Å². The zero-order valence-electron chi connectivity index (χ0n) is 15.0. The molecule has 1 aromatic carbocycles. The van der Waals surface area contributed by atoms with Crippen LogP contribution in [0, 0.1) is 0 Å². The summed E-state index contributed by atoms with van der Waals surface area (Å²) in [7, 11) is -4.37. The summed E-state index contributed by atoms with van der Waals surface area (Å²) in [5.41, 5.74) is 0. The molecule has 0 atom stereocenters. The maximum Gasteiger partial charge on any atom is 0.469 e. The summed E-state index contributed by atoms with van der Waals surface area (Å²) in [4.78, 5) is 16.7. The maximum atomic E-state index is 10.3. The number of phosphoric acid groups is 1. The van der Waals surface area contributed by atoms with E-state index in [-0.39, 0.29) is 13.2 Å². The lowest BCUT2D eigenvalue weighted by Gasteiger charge is -2.06. The standard InChI is InChI=1S/C10H22.C8H11O5P/c1-3-5-7-9-10-8-6-4-2;9-14(10,11)13-7-6-12-8-4-2-1-3-5-8/h3-10H2,1-2H3;1-5H,6-7H2,(H2,9,10,11). The molecule has 0 unspecified atom stereocenters. The lowest BCUT2D eigenvalue weighted by molar-refractivity contribution is 0.160. The van der Waals surface area contributed by atoms with Crippen molar-refractivity contribution in [3.8, 4) is 5.75 Å². The first-order chi connectivity index (χ1) is 11.5. The van der Waals surface area contributed by atoms with Gasteiger partial charge in [0.1, 0.15) is 12.4 Å². The van der Waals surface area contributed by atoms with Crippen molar-refractivity contribution < 1.29 is 23.6 Å². The van der Waals surface area contributed by atoms with E-state index in [2.05, 4.69) is 18.4 Å². The summed E-state index contributed by atoms with van der Waals surface area (Å²) in [6, 6.07) is 8.95. The second kappa shape index (κ2) is 15.6. The van der Waals surface area contributed by atoms with Crippen LogP contribution in [0.15, 0.2) is 30.3 Å². The number of hydrogen-bond donors (Lipinski definition) is 2. The Hall–Kier alpha value is -0.870. The Balaban J connectivity index is 0.000000470. The summed E-state index contributed by atoms with van der Waals surface area (Å²) in [5.74, 6) is 0.641. The molecule has 0 aliphatic heterocycles. The smallest absolute Gasteiger partial charge is 0.469 e. The van der Waals surface area contributed by atoms with Gasteiger partial charge in [0.15, 0.2) is 0 Å². The Morgan fingerprint density at radius 3 is 1.79 bits per heavy atom. The van der Waals surface area contributed by atoms with Gasteiger partial charge in [-0.1, -0.05) is 83.4 Å². The Morgan fingerprint density at radius 1 is 0.833 bits per heavy atom. The molecule has 0 amide bonds. The minimum atomic E-state index is -4.37. The third-order valence-electron chi connectivity index (χ3n) is 3.31. The molecule has 6 heteroatoms. The number of hydrogen-bond acceptors (Lipinski definition) is 3. The van der Waals surface area contributed by atoms with Gasteiger partial charge in [-0.2, -0.15) is 0 Å². The van der Waals surface area contributed by atoms with Gasteiger partial charge in [-0.25, -0.2) is 4.57 Å². The van der Waals surface area contributed by atoms with Crippen molar-refractivity contribution in [1.82, 2.24) is 0 Å². The monoisotopic (exact) mass is 360 g/mol. The van der Waals surface area contributed by atoms with Gasteiger partial charge in [0.05, 0.1) is 6.61 Å². The predicted octanol–water partition coefficient (Wildman–Crippen LogP) is 5.32. The van der Waals surface area contributed by atoms with Crippen LogP contribution in [0.25, 0.3) is 0 Å². The number of benzene rings is 1. The number of phosphoric ester groups is 1. The Morgan fingerprint density at radius 2 is 1.33 bits per heavy atom. The first-order valence-corrected chi connectivity index (χ1v) is 10.4. The highest BCUT2D eigenvalue weighted by molar-refractivity contribution is 7.46. The molecule has 0 aliphatic carbocycles. The molecule has 0 radical (unpaired) electrons. The average molecular weight is 360 g/mol. The molecule has 0 saturated carbocycles. The van der Waals surface area contributed by atoms with Crippen LogP contribution in [-0.2, 0) is 9.09 Å².